The molecule has 1 unspecified atom stereocenters. The number of nitrogens with zero attached hydrogens (tertiary/aromatic N) is 1. The molecular formula is C13H26N2. The molecule has 15 heavy (non-hydrogen) atoms. The lowest BCUT2D eigenvalue weighted by Crippen LogP contribution is -2.25. The van der Waals surface area contributed by atoms with Gasteiger partial charge in [0.2, 0.25) is 0 Å². The SMILES string of the molecule is C=CCN(CC=C)CCCC(C)CCN. The van der Waals surface area contributed by atoms with Crippen LogP contribution in [0.15, 0.2) is 25.3 Å². The van der Waals surface area contributed by atoms with Gasteiger partial charge in [0.15, 0.2) is 0 Å². The highest BCUT2D eigenvalue weighted by Crippen LogP contribution is 2.09. The van der Waals surface area contributed by atoms with E-state index in [-0.39, 0.29) is 0 Å². The summed E-state index contributed by atoms with van der Waals surface area (Å²) < 4.78 is 0. The molecule has 0 aliphatic carbocycles. The lowest BCUT2D eigenvalue weighted by Gasteiger charge is -2.19. The maximum absolute atomic E-state index is 5.52. The molecule has 0 heterocycles. The molecule has 0 aliphatic rings. The first kappa shape index (κ1) is 14.4. The molecule has 0 bridgehead atoms. The van der Waals surface area contributed by atoms with Crippen LogP contribution in [-0.4, -0.2) is 31.1 Å². The van der Waals surface area contributed by atoms with Gasteiger partial charge in [-0.2, -0.15) is 0 Å². The minimum absolute atomic E-state index is 0.754. The van der Waals surface area contributed by atoms with Gasteiger partial charge in [-0.25, -0.2) is 0 Å². The molecule has 0 saturated carbocycles. The van der Waals surface area contributed by atoms with Gasteiger partial charge in [-0.3, -0.25) is 4.90 Å². The van der Waals surface area contributed by atoms with Crippen molar-refractivity contribution < 1.29 is 0 Å². The molecule has 2 nitrogen and oxygen atoms in total. The summed E-state index contributed by atoms with van der Waals surface area (Å²) in [6, 6.07) is 0. The van der Waals surface area contributed by atoms with E-state index in [1.54, 1.807) is 0 Å². The van der Waals surface area contributed by atoms with Crippen molar-refractivity contribution in [3.8, 4) is 0 Å². The predicted octanol–water partition coefficient (Wildman–Crippen LogP) is 2.43. The van der Waals surface area contributed by atoms with Crippen LogP contribution in [0.3, 0.4) is 0 Å². The molecule has 0 aromatic carbocycles. The van der Waals surface area contributed by atoms with E-state index >= 15 is 0 Å². The zero-order valence-electron chi connectivity index (χ0n) is 10.1. The van der Waals surface area contributed by atoms with Gasteiger partial charge in [-0.1, -0.05) is 19.1 Å². The number of hydrogen-bond donors (Lipinski definition) is 1. The molecule has 0 amide bonds. The van der Waals surface area contributed by atoms with Crippen LogP contribution in [0.5, 0.6) is 0 Å². The molecule has 0 aromatic heterocycles. The molecule has 88 valence electrons. The summed E-state index contributed by atoms with van der Waals surface area (Å²) in [5.74, 6) is 0.754. The fraction of sp³-hybridized carbons (Fsp3) is 0.692. The lowest BCUT2D eigenvalue weighted by atomic mass is 10.0. The van der Waals surface area contributed by atoms with Crippen LogP contribution >= 0.6 is 0 Å². The zero-order valence-corrected chi connectivity index (χ0v) is 10.1. The van der Waals surface area contributed by atoms with Crippen LogP contribution in [0, 0.1) is 5.92 Å². The molecule has 0 radical (unpaired) electrons. The minimum Gasteiger partial charge on any atom is -0.330 e. The van der Waals surface area contributed by atoms with E-state index in [0.29, 0.717) is 0 Å². The Kier molecular flexibility index (Phi) is 9.54. The summed E-state index contributed by atoms with van der Waals surface area (Å²) in [6.07, 6.45) is 7.55. The second kappa shape index (κ2) is 9.94. The van der Waals surface area contributed by atoms with Gasteiger partial charge in [0.1, 0.15) is 0 Å². The van der Waals surface area contributed by atoms with E-state index in [9.17, 15) is 0 Å². The topological polar surface area (TPSA) is 29.3 Å². The van der Waals surface area contributed by atoms with Crippen molar-refractivity contribution in [3.05, 3.63) is 25.3 Å². The number of hydrogen-bond acceptors (Lipinski definition) is 2. The van der Waals surface area contributed by atoms with E-state index < -0.39 is 0 Å². The Labute approximate surface area is 94.8 Å². The average molecular weight is 210 g/mol. The Hall–Kier alpha value is -0.600. The second-order valence-corrected chi connectivity index (χ2v) is 4.16. The highest BCUT2D eigenvalue weighted by Gasteiger charge is 2.03. The predicted molar refractivity (Wildman–Crippen MR) is 68.9 cm³/mol. The third kappa shape index (κ3) is 8.40. The monoisotopic (exact) mass is 210 g/mol. The molecule has 0 aliphatic heterocycles. The summed E-state index contributed by atoms with van der Waals surface area (Å²) in [6.45, 7) is 13.7. The zero-order chi connectivity index (χ0) is 11.5. The van der Waals surface area contributed by atoms with E-state index in [1.165, 1.54) is 12.8 Å². The number of rotatable bonds is 10. The van der Waals surface area contributed by atoms with Crippen LogP contribution in [0.2, 0.25) is 0 Å². The van der Waals surface area contributed by atoms with Gasteiger partial charge in [0, 0.05) is 13.1 Å². The first-order chi connectivity index (χ1) is 7.24. The third-order valence-electron chi connectivity index (χ3n) is 2.61. The van der Waals surface area contributed by atoms with E-state index in [1.807, 2.05) is 12.2 Å². The van der Waals surface area contributed by atoms with Gasteiger partial charge >= 0.3 is 0 Å². The van der Waals surface area contributed by atoms with Crippen molar-refractivity contribution in [2.45, 2.75) is 26.2 Å². The van der Waals surface area contributed by atoms with Gasteiger partial charge in [-0.05, 0) is 38.3 Å². The van der Waals surface area contributed by atoms with Gasteiger partial charge < -0.3 is 5.73 Å². The standard InChI is InChI=1S/C13H26N2/c1-4-10-15(11-5-2)12-6-7-13(3)8-9-14/h4-5,13H,1-2,6-12,14H2,3H3. The Balaban J connectivity index is 3.59. The van der Waals surface area contributed by atoms with Crippen LogP contribution in [0.1, 0.15) is 26.2 Å². The molecule has 0 rings (SSSR count). The fourth-order valence-electron chi connectivity index (χ4n) is 1.71. The van der Waals surface area contributed by atoms with E-state index in [4.69, 9.17) is 5.73 Å². The highest BCUT2D eigenvalue weighted by atomic mass is 15.1. The first-order valence-electron chi connectivity index (χ1n) is 5.88. The lowest BCUT2D eigenvalue weighted by molar-refractivity contribution is 0.313. The molecule has 0 aromatic rings. The minimum atomic E-state index is 0.754. The van der Waals surface area contributed by atoms with Crippen LogP contribution in [0.25, 0.3) is 0 Å². The number of nitrogens with two attached hydrogens (primary N) is 1. The second-order valence-electron chi connectivity index (χ2n) is 4.16. The molecule has 0 spiro atoms. The van der Waals surface area contributed by atoms with Crippen LogP contribution < -0.4 is 5.73 Å². The fourth-order valence-corrected chi connectivity index (χ4v) is 1.71. The van der Waals surface area contributed by atoms with Crippen LogP contribution in [0.4, 0.5) is 0 Å². The Morgan fingerprint density at radius 3 is 2.27 bits per heavy atom. The van der Waals surface area contributed by atoms with E-state index in [2.05, 4.69) is 25.0 Å². The van der Waals surface area contributed by atoms with Gasteiger partial charge in [0.25, 0.3) is 0 Å². The van der Waals surface area contributed by atoms with Crippen molar-refractivity contribution in [2.75, 3.05) is 26.2 Å². The Bertz CT molecular complexity index is 156. The maximum Gasteiger partial charge on any atom is 0.0163 e. The third-order valence-corrected chi connectivity index (χ3v) is 2.61. The molecule has 0 saturated heterocycles. The summed E-state index contributed by atoms with van der Waals surface area (Å²) in [4.78, 5) is 2.36. The quantitative estimate of drug-likeness (QED) is 0.561. The van der Waals surface area contributed by atoms with Crippen LogP contribution in [-0.2, 0) is 0 Å². The van der Waals surface area contributed by atoms with E-state index in [0.717, 1.165) is 38.5 Å². The average Bonchev–Trinajstić information content (AvgIpc) is 2.19. The molecular weight excluding hydrogens is 184 g/mol. The van der Waals surface area contributed by atoms with Crippen molar-refractivity contribution >= 4 is 0 Å². The normalized spacial score (nSPS) is 12.7. The summed E-state index contributed by atoms with van der Waals surface area (Å²) in [5.41, 5.74) is 5.52. The summed E-state index contributed by atoms with van der Waals surface area (Å²) in [5, 5.41) is 0. The van der Waals surface area contributed by atoms with Crippen molar-refractivity contribution in [1.29, 1.82) is 0 Å². The maximum atomic E-state index is 5.52. The molecule has 1 atom stereocenters. The Morgan fingerprint density at radius 2 is 1.80 bits per heavy atom. The first-order valence-corrected chi connectivity index (χ1v) is 5.88. The molecule has 2 heteroatoms. The highest BCUT2D eigenvalue weighted by molar-refractivity contribution is 4.79. The van der Waals surface area contributed by atoms with Gasteiger partial charge in [-0.15, -0.1) is 13.2 Å². The summed E-state index contributed by atoms with van der Waals surface area (Å²) >= 11 is 0. The Morgan fingerprint density at radius 1 is 1.20 bits per heavy atom. The summed E-state index contributed by atoms with van der Waals surface area (Å²) in [7, 11) is 0. The van der Waals surface area contributed by atoms with Crippen molar-refractivity contribution in [3.63, 3.8) is 0 Å². The van der Waals surface area contributed by atoms with Gasteiger partial charge in [0.05, 0.1) is 0 Å². The molecule has 2 N–H and O–H groups in total. The molecule has 0 fully saturated rings. The van der Waals surface area contributed by atoms with Crippen molar-refractivity contribution in [1.82, 2.24) is 4.90 Å². The smallest absolute Gasteiger partial charge is 0.0163 e. The largest absolute Gasteiger partial charge is 0.330 e. The van der Waals surface area contributed by atoms with Crippen molar-refractivity contribution in [2.24, 2.45) is 11.7 Å².